The van der Waals surface area contributed by atoms with Gasteiger partial charge >= 0.3 is 0 Å². The summed E-state index contributed by atoms with van der Waals surface area (Å²) >= 11 is 0. The molecule has 6 nitrogen and oxygen atoms in total. The van der Waals surface area contributed by atoms with Gasteiger partial charge in [0.1, 0.15) is 5.82 Å². The Morgan fingerprint density at radius 2 is 1.71 bits per heavy atom. The van der Waals surface area contributed by atoms with E-state index in [1.54, 1.807) is 11.9 Å². The van der Waals surface area contributed by atoms with Crippen LogP contribution in [-0.4, -0.2) is 63.4 Å². The zero-order valence-electron chi connectivity index (χ0n) is 18.1. The number of hydrogen-bond acceptors (Lipinski definition) is 4. The van der Waals surface area contributed by atoms with Crippen LogP contribution in [0, 0.1) is 29.0 Å². The van der Waals surface area contributed by atoms with E-state index in [1.165, 1.54) is 35.7 Å². The Kier molecular flexibility index (Phi) is 5.38. The molecule has 0 unspecified atom stereocenters. The Hall–Kier alpha value is -1.51. The maximum atomic E-state index is 14.6. The molecular formula is C23H31FN2O4S. The van der Waals surface area contributed by atoms with E-state index >= 15 is 0 Å². The van der Waals surface area contributed by atoms with Crippen LogP contribution in [0.25, 0.3) is 0 Å². The van der Waals surface area contributed by atoms with Crippen molar-refractivity contribution in [3.8, 4) is 0 Å². The van der Waals surface area contributed by atoms with Crippen LogP contribution in [0.1, 0.15) is 48.9 Å². The second kappa shape index (κ2) is 7.81. The highest BCUT2D eigenvalue weighted by Gasteiger charge is 2.51. The molecule has 0 aromatic heterocycles. The number of ether oxygens (including phenoxy) is 1. The minimum absolute atomic E-state index is 0.0395. The van der Waals surface area contributed by atoms with E-state index in [0.717, 1.165) is 43.1 Å². The number of nitrogens with zero attached hydrogens (tertiary/aromatic N) is 2. The van der Waals surface area contributed by atoms with Crippen molar-refractivity contribution in [2.24, 2.45) is 23.2 Å². The minimum atomic E-state index is -3.79. The summed E-state index contributed by atoms with van der Waals surface area (Å²) in [4.78, 5) is 14.8. The van der Waals surface area contributed by atoms with Crippen molar-refractivity contribution in [2.45, 2.75) is 43.4 Å². The number of rotatable bonds is 5. The number of sulfonamides is 1. The largest absolute Gasteiger partial charge is 0.379 e. The molecule has 5 aliphatic rings. The summed E-state index contributed by atoms with van der Waals surface area (Å²) in [6.45, 7) is 1.80. The standard InChI is InChI=1S/C23H31FN2O4S/c1-25(15-23-12-16-8-17(13-23)10-18(9-16)14-23)22(27)20-11-19(2-3-21(20)24)31(28,29)26-4-6-30-7-5-26/h2-3,11,16-18H,4-10,12-15H2,1H3. The molecule has 1 aromatic carbocycles. The molecule has 31 heavy (non-hydrogen) atoms. The van der Waals surface area contributed by atoms with Crippen LogP contribution in [0.5, 0.6) is 0 Å². The van der Waals surface area contributed by atoms with Gasteiger partial charge in [-0.25, -0.2) is 12.8 Å². The first-order valence-corrected chi connectivity index (χ1v) is 12.8. The normalized spacial score (nSPS) is 32.9. The molecule has 5 fully saturated rings. The molecule has 4 saturated carbocycles. The van der Waals surface area contributed by atoms with Crippen LogP contribution in [0.15, 0.2) is 23.1 Å². The molecule has 0 N–H and O–H groups in total. The van der Waals surface area contributed by atoms with Crippen molar-refractivity contribution in [2.75, 3.05) is 39.9 Å². The van der Waals surface area contributed by atoms with Gasteiger partial charge in [0.05, 0.1) is 23.7 Å². The summed E-state index contributed by atoms with van der Waals surface area (Å²) < 4.78 is 47.1. The molecule has 4 bridgehead atoms. The summed E-state index contributed by atoms with van der Waals surface area (Å²) in [7, 11) is -2.06. The molecule has 1 saturated heterocycles. The fraction of sp³-hybridized carbons (Fsp3) is 0.696. The Bertz CT molecular complexity index is 939. The third-order valence-corrected chi connectivity index (χ3v) is 9.76. The monoisotopic (exact) mass is 450 g/mol. The number of halogens is 1. The highest BCUT2D eigenvalue weighted by molar-refractivity contribution is 7.89. The minimum Gasteiger partial charge on any atom is -0.379 e. The van der Waals surface area contributed by atoms with Gasteiger partial charge in [-0.3, -0.25) is 4.79 Å². The maximum Gasteiger partial charge on any atom is 0.256 e. The van der Waals surface area contributed by atoms with E-state index in [9.17, 15) is 17.6 Å². The first-order chi connectivity index (χ1) is 14.8. The van der Waals surface area contributed by atoms with E-state index in [1.807, 2.05) is 0 Å². The molecule has 6 rings (SSSR count). The number of benzene rings is 1. The summed E-state index contributed by atoms with van der Waals surface area (Å²) in [5, 5.41) is 0. The second-order valence-electron chi connectivity index (χ2n) is 10.2. The van der Waals surface area contributed by atoms with Crippen molar-refractivity contribution >= 4 is 15.9 Å². The molecular weight excluding hydrogens is 419 g/mol. The topological polar surface area (TPSA) is 66.9 Å². The lowest BCUT2D eigenvalue weighted by atomic mass is 9.49. The summed E-state index contributed by atoms with van der Waals surface area (Å²) in [6, 6.07) is 3.55. The summed E-state index contributed by atoms with van der Waals surface area (Å²) in [5.74, 6) is 1.20. The number of hydrogen-bond donors (Lipinski definition) is 0. The van der Waals surface area contributed by atoms with Crippen LogP contribution in [0.4, 0.5) is 4.39 Å². The molecule has 0 radical (unpaired) electrons. The van der Waals surface area contributed by atoms with Crippen molar-refractivity contribution in [1.82, 2.24) is 9.21 Å². The van der Waals surface area contributed by atoms with Gasteiger partial charge in [-0.2, -0.15) is 4.31 Å². The smallest absolute Gasteiger partial charge is 0.256 e. The third kappa shape index (κ3) is 3.91. The van der Waals surface area contributed by atoms with Crippen molar-refractivity contribution < 1.29 is 22.3 Å². The highest BCUT2D eigenvalue weighted by atomic mass is 32.2. The number of morpholine rings is 1. The van der Waals surface area contributed by atoms with Gasteiger partial charge in [-0.15, -0.1) is 0 Å². The molecule has 1 aliphatic heterocycles. The average Bonchev–Trinajstić information content (AvgIpc) is 2.72. The molecule has 0 atom stereocenters. The van der Waals surface area contributed by atoms with Crippen LogP contribution in [-0.2, 0) is 14.8 Å². The van der Waals surface area contributed by atoms with Gasteiger partial charge in [0.25, 0.3) is 5.91 Å². The van der Waals surface area contributed by atoms with E-state index < -0.39 is 21.7 Å². The fourth-order valence-corrected chi connectivity index (χ4v) is 8.46. The van der Waals surface area contributed by atoms with Gasteiger partial charge < -0.3 is 9.64 Å². The Labute approximate surface area is 183 Å². The molecule has 1 heterocycles. The zero-order valence-corrected chi connectivity index (χ0v) is 18.9. The van der Waals surface area contributed by atoms with Gasteiger partial charge in [-0.05, 0) is 79.9 Å². The predicted octanol–water partition coefficient (Wildman–Crippen LogP) is 3.14. The lowest BCUT2D eigenvalue weighted by molar-refractivity contribution is -0.0629. The van der Waals surface area contributed by atoms with Gasteiger partial charge in [0.2, 0.25) is 10.0 Å². The number of amides is 1. The van der Waals surface area contributed by atoms with E-state index in [0.29, 0.717) is 19.8 Å². The molecule has 1 aromatic rings. The van der Waals surface area contributed by atoms with Crippen molar-refractivity contribution in [3.05, 3.63) is 29.6 Å². The van der Waals surface area contributed by atoms with Crippen LogP contribution < -0.4 is 0 Å². The van der Waals surface area contributed by atoms with Crippen LogP contribution in [0.2, 0.25) is 0 Å². The van der Waals surface area contributed by atoms with E-state index in [4.69, 9.17) is 4.74 Å². The molecule has 4 aliphatic carbocycles. The summed E-state index contributed by atoms with van der Waals surface area (Å²) in [5.41, 5.74) is -0.0193. The van der Waals surface area contributed by atoms with E-state index in [-0.39, 0.29) is 29.0 Å². The highest BCUT2D eigenvalue weighted by Crippen LogP contribution is 2.60. The zero-order chi connectivity index (χ0) is 21.8. The quantitative estimate of drug-likeness (QED) is 0.691. The van der Waals surface area contributed by atoms with Gasteiger partial charge in [0.15, 0.2) is 0 Å². The SMILES string of the molecule is CN(CC12CC3CC(CC(C3)C1)C2)C(=O)c1cc(S(=O)(=O)N2CCOCC2)ccc1F. The molecule has 0 spiro atoms. The average molecular weight is 451 g/mol. The summed E-state index contributed by atoms with van der Waals surface area (Å²) in [6.07, 6.45) is 7.45. The van der Waals surface area contributed by atoms with Crippen molar-refractivity contribution in [3.63, 3.8) is 0 Å². The van der Waals surface area contributed by atoms with E-state index in [2.05, 4.69) is 0 Å². The lowest BCUT2D eigenvalue weighted by Gasteiger charge is -2.57. The molecule has 170 valence electrons. The maximum absolute atomic E-state index is 14.6. The second-order valence-corrected chi connectivity index (χ2v) is 12.2. The van der Waals surface area contributed by atoms with Gasteiger partial charge in [-0.1, -0.05) is 0 Å². The Morgan fingerprint density at radius 3 is 2.29 bits per heavy atom. The number of carbonyl (C=O) groups is 1. The van der Waals surface area contributed by atoms with Crippen molar-refractivity contribution in [1.29, 1.82) is 0 Å². The van der Waals surface area contributed by atoms with Crippen LogP contribution in [0.3, 0.4) is 0 Å². The molecule has 8 heteroatoms. The first kappa shape index (κ1) is 21.3. The first-order valence-electron chi connectivity index (χ1n) is 11.4. The third-order valence-electron chi connectivity index (χ3n) is 7.86. The predicted molar refractivity (Wildman–Crippen MR) is 114 cm³/mol. The van der Waals surface area contributed by atoms with Gasteiger partial charge in [0, 0.05) is 26.7 Å². The molecule has 1 amide bonds. The Morgan fingerprint density at radius 1 is 1.13 bits per heavy atom. The number of carbonyl (C=O) groups excluding carboxylic acids is 1. The van der Waals surface area contributed by atoms with Crippen LogP contribution >= 0.6 is 0 Å². The Balaban J connectivity index is 1.36. The fourth-order valence-electron chi connectivity index (χ4n) is 7.03. The lowest BCUT2D eigenvalue weighted by Crippen LogP contribution is -2.51.